The Labute approximate surface area is 87.5 Å². The van der Waals surface area contributed by atoms with Crippen LogP contribution in [0.3, 0.4) is 0 Å². The predicted octanol–water partition coefficient (Wildman–Crippen LogP) is 3.49. The molecule has 1 saturated carbocycles. The van der Waals surface area contributed by atoms with Gasteiger partial charge in [-0.15, -0.1) is 0 Å². The van der Waals surface area contributed by atoms with Gasteiger partial charge in [-0.1, -0.05) is 19.8 Å². The number of rotatable bonds is 1. The minimum absolute atomic E-state index is 0.569. The van der Waals surface area contributed by atoms with Gasteiger partial charge in [0.05, 0.1) is 0 Å². The summed E-state index contributed by atoms with van der Waals surface area (Å²) < 4.78 is 4.84. The second-order valence-corrected chi connectivity index (χ2v) is 5.20. The summed E-state index contributed by atoms with van der Waals surface area (Å²) in [7, 11) is 0. The fraction of sp³-hybridized carbons (Fsp3) is 0.778. The van der Waals surface area contributed by atoms with E-state index < -0.39 is 0 Å². The van der Waals surface area contributed by atoms with Gasteiger partial charge in [0.1, 0.15) is 5.82 Å². The molecule has 0 aliphatic heterocycles. The van der Waals surface area contributed by atoms with Crippen molar-refractivity contribution in [3.8, 4) is 0 Å². The Morgan fingerprint density at radius 2 is 2.00 bits per heavy atom. The van der Waals surface area contributed by atoms with Crippen molar-refractivity contribution in [3.05, 3.63) is 10.3 Å². The molecule has 1 aliphatic carbocycles. The Bertz CT molecular complexity index is 279. The predicted molar refractivity (Wildman–Crippen MR) is 55.3 cm³/mol. The molecule has 1 aromatic rings. The Morgan fingerprint density at radius 1 is 1.31 bits per heavy atom. The molecule has 2 nitrogen and oxygen atoms in total. The highest BCUT2D eigenvalue weighted by molar-refractivity contribution is 7.10. The smallest absolute Gasteiger partial charge is 0.203 e. The molecule has 2 rings (SSSR count). The van der Waals surface area contributed by atoms with Crippen molar-refractivity contribution in [1.82, 2.24) is 9.36 Å². The highest BCUT2D eigenvalue weighted by atomic mass is 35.5. The summed E-state index contributed by atoms with van der Waals surface area (Å²) in [5.41, 5.74) is 0. The zero-order valence-electron chi connectivity index (χ0n) is 7.66. The summed E-state index contributed by atoms with van der Waals surface area (Å²) in [5.74, 6) is 2.42. The average molecular weight is 217 g/mol. The number of aromatic nitrogens is 2. The molecule has 0 N–H and O–H groups in total. The van der Waals surface area contributed by atoms with E-state index in [9.17, 15) is 0 Å². The van der Waals surface area contributed by atoms with Crippen molar-refractivity contribution < 1.29 is 0 Å². The Hall–Kier alpha value is -0.150. The summed E-state index contributed by atoms with van der Waals surface area (Å²) in [4.78, 5) is 4.23. The maximum Gasteiger partial charge on any atom is 0.203 e. The minimum atomic E-state index is 0.569. The first-order valence-electron chi connectivity index (χ1n) is 4.75. The molecule has 0 bridgehead atoms. The van der Waals surface area contributed by atoms with Gasteiger partial charge >= 0.3 is 0 Å². The van der Waals surface area contributed by atoms with Crippen molar-refractivity contribution in [1.29, 1.82) is 0 Å². The SMILES string of the molecule is CC1CCC(c2nsc(Cl)n2)CC1. The zero-order chi connectivity index (χ0) is 9.26. The molecule has 13 heavy (non-hydrogen) atoms. The Kier molecular flexibility index (Phi) is 2.84. The molecular formula is C9H13ClN2S. The van der Waals surface area contributed by atoms with E-state index in [1.807, 2.05) is 0 Å². The fourth-order valence-electron chi connectivity index (χ4n) is 1.90. The molecule has 0 amide bonds. The molecule has 0 aromatic carbocycles. The fourth-order valence-corrected chi connectivity index (χ4v) is 2.58. The number of hydrogen-bond acceptors (Lipinski definition) is 3. The van der Waals surface area contributed by atoms with Crippen molar-refractivity contribution in [2.45, 2.75) is 38.5 Å². The molecule has 0 radical (unpaired) electrons. The average Bonchev–Trinajstić information content (AvgIpc) is 2.53. The number of halogens is 1. The van der Waals surface area contributed by atoms with Crippen LogP contribution in [0.4, 0.5) is 0 Å². The first kappa shape index (κ1) is 9.41. The van der Waals surface area contributed by atoms with Gasteiger partial charge in [-0.05, 0) is 41.9 Å². The van der Waals surface area contributed by atoms with Crippen LogP contribution in [0.1, 0.15) is 44.3 Å². The quantitative estimate of drug-likeness (QED) is 0.718. The molecule has 1 aromatic heterocycles. The molecule has 0 saturated heterocycles. The second-order valence-electron chi connectivity index (χ2n) is 3.86. The van der Waals surface area contributed by atoms with E-state index in [2.05, 4.69) is 16.3 Å². The molecule has 1 aliphatic rings. The summed E-state index contributed by atoms with van der Waals surface area (Å²) in [6.45, 7) is 2.32. The monoisotopic (exact) mass is 216 g/mol. The van der Waals surface area contributed by atoms with Crippen LogP contribution in [-0.2, 0) is 0 Å². The molecule has 72 valence electrons. The first-order chi connectivity index (χ1) is 6.25. The zero-order valence-corrected chi connectivity index (χ0v) is 9.24. The van der Waals surface area contributed by atoms with E-state index in [1.165, 1.54) is 37.2 Å². The summed E-state index contributed by atoms with van der Waals surface area (Å²) >= 11 is 7.06. The van der Waals surface area contributed by atoms with E-state index in [1.54, 1.807) is 0 Å². The van der Waals surface area contributed by atoms with E-state index >= 15 is 0 Å². The molecule has 0 spiro atoms. The largest absolute Gasteiger partial charge is 0.208 e. The topological polar surface area (TPSA) is 25.8 Å². The van der Waals surface area contributed by atoms with Crippen molar-refractivity contribution in [2.24, 2.45) is 5.92 Å². The van der Waals surface area contributed by atoms with Gasteiger partial charge in [0.25, 0.3) is 0 Å². The highest BCUT2D eigenvalue weighted by Crippen LogP contribution is 2.34. The molecule has 0 atom stereocenters. The van der Waals surface area contributed by atoms with E-state index in [0.29, 0.717) is 10.4 Å². The van der Waals surface area contributed by atoms with Gasteiger partial charge in [0.2, 0.25) is 4.47 Å². The lowest BCUT2D eigenvalue weighted by molar-refractivity contribution is 0.341. The normalized spacial score (nSPS) is 29.1. The maximum atomic E-state index is 5.75. The molecule has 1 heterocycles. The van der Waals surface area contributed by atoms with E-state index in [-0.39, 0.29) is 0 Å². The van der Waals surface area contributed by atoms with Crippen LogP contribution in [0, 0.1) is 5.92 Å². The Balaban J connectivity index is 2.02. The Morgan fingerprint density at radius 3 is 2.54 bits per heavy atom. The molecule has 1 fully saturated rings. The van der Waals surface area contributed by atoms with Gasteiger partial charge in [-0.25, -0.2) is 4.98 Å². The first-order valence-corrected chi connectivity index (χ1v) is 5.90. The lowest BCUT2D eigenvalue weighted by atomic mass is 9.83. The minimum Gasteiger partial charge on any atom is -0.208 e. The van der Waals surface area contributed by atoms with Crippen LogP contribution in [0.15, 0.2) is 0 Å². The maximum absolute atomic E-state index is 5.75. The number of nitrogens with zero attached hydrogens (tertiary/aromatic N) is 2. The van der Waals surface area contributed by atoms with Crippen LogP contribution < -0.4 is 0 Å². The van der Waals surface area contributed by atoms with Crippen molar-refractivity contribution >= 4 is 23.1 Å². The summed E-state index contributed by atoms with van der Waals surface area (Å²) in [6.07, 6.45) is 5.07. The van der Waals surface area contributed by atoms with Crippen LogP contribution in [0.5, 0.6) is 0 Å². The van der Waals surface area contributed by atoms with Crippen LogP contribution in [0.25, 0.3) is 0 Å². The highest BCUT2D eigenvalue weighted by Gasteiger charge is 2.22. The molecule has 0 unspecified atom stereocenters. The van der Waals surface area contributed by atoms with Crippen LogP contribution >= 0.6 is 23.1 Å². The van der Waals surface area contributed by atoms with Gasteiger partial charge in [0.15, 0.2) is 0 Å². The molecular weight excluding hydrogens is 204 g/mol. The van der Waals surface area contributed by atoms with Gasteiger partial charge in [0, 0.05) is 5.92 Å². The molecule has 4 heteroatoms. The van der Waals surface area contributed by atoms with Gasteiger partial charge in [-0.3, -0.25) is 0 Å². The summed E-state index contributed by atoms with van der Waals surface area (Å²) in [5, 5.41) is 0. The lowest BCUT2D eigenvalue weighted by Gasteiger charge is -2.23. The number of hydrogen-bond donors (Lipinski definition) is 0. The van der Waals surface area contributed by atoms with Gasteiger partial charge in [-0.2, -0.15) is 4.37 Å². The van der Waals surface area contributed by atoms with Crippen LogP contribution in [-0.4, -0.2) is 9.36 Å². The third-order valence-electron chi connectivity index (χ3n) is 2.80. The van der Waals surface area contributed by atoms with E-state index in [0.717, 1.165) is 11.7 Å². The third kappa shape index (κ3) is 2.20. The van der Waals surface area contributed by atoms with Gasteiger partial charge < -0.3 is 0 Å². The summed E-state index contributed by atoms with van der Waals surface area (Å²) in [6, 6.07) is 0. The third-order valence-corrected chi connectivity index (χ3v) is 3.61. The van der Waals surface area contributed by atoms with E-state index in [4.69, 9.17) is 11.6 Å². The van der Waals surface area contributed by atoms with Crippen LogP contribution in [0.2, 0.25) is 4.47 Å². The standard InChI is InChI=1S/C9H13ClN2S/c1-6-2-4-7(5-3-6)8-11-9(10)13-12-8/h6-7H,2-5H2,1H3. The second kappa shape index (κ2) is 3.93. The van der Waals surface area contributed by atoms with Crippen molar-refractivity contribution in [3.63, 3.8) is 0 Å². The van der Waals surface area contributed by atoms with Crippen molar-refractivity contribution in [2.75, 3.05) is 0 Å². The lowest BCUT2D eigenvalue weighted by Crippen LogP contribution is -2.11.